The Balaban J connectivity index is 2.39. The third-order valence-corrected chi connectivity index (χ3v) is 3.23. The van der Waals surface area contributed by atoms with Crippen molar-refractivity contribution in [3.05, 3.63) is 45.8 Å². The van der Waals surface area contributed by atoms with E-state index in [1.807, 2.05) is 58.4 Å². The van der Waals surface area contributed by atoms with Gasteiger partial charge in [0.1, 0.15) is 11.6 Å². The Hall–Kier alpha value is -0.950. The molecule has 0 bridgehead atoms. The van der Waals surface area contributed by atoms with Crippen molar-refractivity contribution in [1.29, 1.82) is 0 Å². The van der Waals surface area contributed by atoms with E-state index in [0.29, 0.717) is 3.57 Å². The predicted octanol–water partition coefficient (Wildman–Crippen LogP) is 2.68. The first-order valence-electron chi connectivity index (χ1n) is 5.20. The van der Waals surface area contributed by atoms with Crippen molar-refractivity contribution >= 4 is 22.6 Å². The van der Waals surface area contributed by atoms with Gasteiger partial charge in [-0.05, 0) is 54.9 Å². The fourth-order valence-electron chi connectivity index (χ4n) is 1.60. The molecule has 1 aromatic carbocycles. The number of hydrogen-bond donors (Lipinski definition) is 0. The van der Waals surface area contributed by atoms with E-state index < -0.39 is 0 Å². The van der Waals surface area contributed by atoms with Gasteiger partial charge in [-0.25, -0.2) is 9.37 Å². The molecule has 0 fully saturated rings. The van der Waals surface area contributed by atoms with E-state index in [9.17, 15) is 4.39 Å². The van der Waals surface area contributed by atoms with E-state index in [4.69, 9.17) is 0 Å². The molecular weight excluding hydrogens is 332 g/mol. The Kier molecular flexibility index (Phi) is 3.78. The van der Waals surface area contributed by atoms with E-state index in [0.717, 1.165) is 18.1 Å². The van der Waals surface area contributed by atoms with Crippen LogP contribution < -0.4 is 0 Å². The summed E-state index contributed by atoms with van der Waals surface area (Å²) in [6, 6.07) is 5.19. The summed E-state index contributed by atoms with van der Waals surface area (Å²) in [5.74, 6) is 0.697. The zero-order valence-electron chi connectivity index (χ0n) is 9.69. The number of halogens is 2. The highest BCUT2D eigenvalue weighted by atomic mass is 127. The lowest BCUT2D eigenvalue weighted by atomic mass is 10.3. The molecule has 0 amide bonds. The first kappa shape index (κ1) is 12.5. The fourth-order valence-corrected chi connectivity index (χ4v) is 1.94. The van der Waals surface area contributed by atoms with Crippen molar-refractivity contribution in [2.45, 2.75) is 6.54 Å². The average molecular weight is 345 g/mol. The molecule has 0 aliphatic heterocycles. The van der Waals surface area contributed by atoms with Crippen LogP contribution in [0.5, 0.6) is 0 Å². The van der Waals surface area contributed by atoms with Gasteiger partial charge >= 0.3 is 0 Å². The van der Waals surface area contributed by atoms with Gasteiger partial charge in [-0.2, -0.15) is 0 Å². The van der Waals surface area contributed by atoms with Gasteiger partial charge in [-0.3, -0.25) is 0 Å². The molecule has 17 heavy (non-hydrogen) atoms. The summed E-state index contributed by atoms with van der Waals surface area (Å²) < 4.78 is 16.0. The molecule has 2 rings (SSSR count). The highest BCUT2D eigenvalue weighted by molar-refractivity contribution is 14.1. The van der Waals surface area contributed by atoms with Crippen molar-refractivity contribution in [3.8, 4) is 5.69 Å². The first-order valence-corrected chi connectivity index (χ1v) is 6.28. The predicted molar refractivity (Wildman–Crippen MR) is 73.6 cm³/mol. The van der Waals surface area contributed by atoms with Crippen LogP contribution in [0.15, 0.2) is 30.6 Å². The number of benzene rings is 1. The summed E-state index contributed by atoms with van der Waals surface area (Å²) in [4.78, 5) is 6.31. The summed E-state index contributed by atoms with van der Waals surface area (Å²) in [7, 11) is 3.96. The Bertz CT molecular complexity index is 522. The normalized spacial score (nSPS) is 11.1. The molecule has 0 saturated carbocycles. The molecule has 0 spiro atoms. The summed E-state index contributed by atoms with van der Waals surface area (Å²) in [6.07, 6.45) is 3.58. The quantitative estimate of drug-likeness (QED) is 0.798. The van der Waals surface area contributed by atoms with Crippen molar-refractivity contribution in [1.82, 2.24) is 14.5 Å². The van der Waals surface area contributed by atoms with Crippen LogP contribution in [0.4, 0.5) is 4.39 Å². The van der Waals surface area contributed by atoms with Crippen LogP contribution in [-0.2, 0) is 6.54 Å². The van der Waals surface area contributed by atoms with Gasteiger partial charge in [0.25, 0.3) is 0 Å². The average Bonchev–Trinajstić information content (AvgIpc) is 2.69. The van der Waals surface area contributed by atoms with Crippen molar-refractivity contribution < 1.29 is 4.39 Å². The minimum Gasteiger partial charge on any atom is -0.303 e. The van der Waals surface area contributed by atoms with Crippen LogP contribution in [0, 0.1) is 9.39 Å². The third kappa shape index (κ3) is 2.84. The molecule has 0 atom stereocenters. The largest absolute Gasteiger partial charge is 0.303 e. The molecule has 90 valence electrons. The number of hydrogen-bond acceptors (Lipinski definition) is 2. The van der Waals surface area contributed by atoms with E-state index in [2.05, 4.69) is 4.98 Å². The number of nitrogens with zero attached hydrogens (tertiary/aromatic N) is 3. The van der Waals surface area contributed by atoms with Crippen molar-refractivity contribution in [2.75, 3.05) is 14.1 Å². The van der Waals surface area contributed by atoms with Gasteiger partial charge in [-0.15, -0.1) is 0 Å². The van der Waals surface area contributed by atoms with Crippen LogP contribution in [0.1, 0.15) is 5.82 Å². The van der Waals surface area contributed by atoms with E-state index in [1.54, 1.807) is 12.3 Å². The molecule has 0 saturated heterocycles. The van der Waals surface area contributed by atoms with Gasteiger partial charge in [0.05, 0.1) is 6.54 Å². The van der Waals surface area contributed by atoms with E-state index in [1.165, 1.54) is 6.07 Å². The SMILES string of the molecule is CN(C)Cc1nccn1-c1ccc(I)c(F)c1. The maximum absolute atomic E-state index is 13.5. The summed E-state index contributed by atoms with van der Waals surface area (Å²) >= 11 is 1.98. The molecule has 0 aliphatic rings. The molecule has 0 radical (unpaired) electrons. The van der Waals surface area contributed by atoms with Gasteiger partial charge < -0.3 is 9.47 Å². The van der Waals surface area contributed by atoms with Gasteiger partial charge in [0.2, 0.25) is 0 Å². The second-order valence-corrected chi connectivity index (χ2v) is 5.21. The Morgan fingerprint density at radius 2 is 2.18 bits per heavy atom. The molecule has 0 N–H and O–H groups in total. The van der Waals surface area contributed by atoms with Crippen LogP contribution in [0.3, 0.4) is 0 Å². The molecule has 5 heteroatoms. The molecular formula is C12H13FIN3. The topological polar surface area (TPSA) is 21.1 Å². The maximum atomic E-state index is 13.5. The molecule has 0 unspecified atom stereocenters. The lowest BCUT2D eigenvalue weighted by Crippen LogP contribution is -2.14. The second kappa shape index (κ2) is 5.14. The second-order valence-electron chi connectivity index (χ2n) is 4.05. The Morgan fingerprint density at radius 1 is 1.41 bits per heavy atom. The Labute approximate surface area is 113 Å². The highest BCUT2D eigenvalue weighted by Gasteiger charge is 2.08. The monoisotopic (exact) mass is 345 g/mol. The molecule has 0 aliphatic carbocycles. The first-order chi connectivity index (χ1) is 8.08. The van der Waals surface area contributed by atoms with Crippen LogP contribution in [0.25, 0.3) is 5.69 Å². The van der Waals surface area contributed by atoms with Crippen molar-refractivity contribution in [2.24, 2.45) is 0 Å². The fraction of sp³-hybridized carbons (Fsp3) is 0.250. The lowest BCUT2D eigenvalue weighted by Gasteiger charge is -2.12. The molecule has 1 heterocycles. The molecule has 1 aromatic heterocycles. The molecule has 3 nitrogen and oxygen atoms in total. The van der Waals surface area contributed by atoms with E-state index in [-0.39, 0.29) is 5.82 Å². The number of rotatable bonds is 3. The Morgan fingerprint density at radius 3 is 2.82 bits per heavy atom. The minimum absolute atomic E-state index is 0.201. The minimum atomic E-state index is -0.201. The van der Waals surface area contributed by atoms with Crippen LogP contribution in [-0.4, -0.2) is 28.5 Å². The van der Waals surface area contributed by atoms with E-state index >= 15 is 0 Å². The smallest absolute Gasteiger partial charge is 0.138 e. The summed E-state index contributed by atoms with van der Waals surface area (Å²) in [5.41, 5.74) is 0.803. The van der Waals surface area contributed by atoms with Gasteiger partial charge in [0, 0.05) is 21.7 Å². The summed E-state index contributed by atoms with van der Waals surface area (Å²) in [5, 5.41) is 0. The van der Waals surface area contributed by atoms with Crippen LogP contribution >= 0.6 is 22.6 Å². The van der Waals surface area contributed by atoms with Gasteiger partial charge in [-0.1, -0.05) is 0 Å². The van der Waals surface area contributed by atoms with Crippen molar-refractivity contribution in [3.63, 3.8) is 0 Å². The summed E-state index contributed by atoms with van der Waals surface area (Å²) in [6.45, 7) is 0.723. The standard InChI is InChI=1S/C12H13FIN3/c1-16(2)8-12-15-5-6-17(12)9-3-4-11(14)10(13)7-9/h3-7H,8H2,1-2H3. The number of imidazole rings is 1. The maximum Gasteiger partial charge on any atom is 0.138 e. The number of aromatic nitrogens is 2. The zero-order valence-corrected chi connectivity index (χ0v) is 11.8. The lowest BCUT2D eigenvalue weighted by molar-refractivity contribution is 0.388. The molecule has 2 aromatic rings. The van der Waals surface area contributed by atoms with Gasteiger partial charge in [0.15, 0.2) is 0 Å². The third-order valence-electron chi connectivity index (χ3n) is 2.36. The van der Waals surface area contributed by atoms with Crippen LogP contribution in [0.2, 0.25) is 0 Å². The highest BCUT2D eigenvalue weighted by Crippen LogP contribution is 2.17. The zero-order chi connectivity index (χ0) is 12.4.